The number of nitrogens with zero attached hydrogens (tertiary/aromatic N) is 3. The van der Waals surface area contributed by atoms with Crippen molar-refractivity contribution < 1.29 is 14.3 Å². The third-order valence-electron chi connectivity index (χ3n) is 4.52. The number of ether oxygens (including phenoxy) is 1. The van der Waals surface area contributed by atoms with E-state index in [-0.39, 0.29) is 17.9 Å². The monoisotopic (exact) mass is 344 g/mol. The Hall–Kier alpha value is -2.25. The third kappa shape index (κ3) is 4.43. The maximum atomic E-state index is 12.4. The van der Waals surface area contributed by atoms with Crippen molar-refractivity contribution in [2.75, 3.05) is 37.9 Å². The second-order valence-corrected chi connectivity index (χ2v) is 6.30. The smallest absolute Gasteiger partial charge is 0.267 e. The lowest BCUT2D eigenvalue weighted by Crippen LogP contribution is -2.48. The Morgan fingerprint density at radius 3 is 2.68 bits per heavy atom. The number of carbonyl (C=O) groups is 2. The Kier molecular flexibility index (Phi) is 5.78. The molecule has 0 aliphatic carbocycles. The molecule has 0 unspecified atom stereocenters. The molecule has 2 amide bonds. The molecular weight excluding hydrogens is 320 g/mol. The molecule has 1 fully saturated rings. The fraction of sp³-hybridized carbons (Fsp3) is 0.500. The first-order chi connectivity index (χ1) is 12.1. The maximum absolute atomic E-state index is 12.4. The molecule has 7 heteroatoms. The number of amides is 2. The largest absolute Gasteiger partial charge is 0.379 e. The number of benzene rings is 1. The highest BCUT2D eigenvalue weighted by atomic mass is 16.5. The van der Waals surface area contributed by atoms with Gasteiger partial charge in [-0.1, -0.05) is 18.2 Å². The highest BCUT2D eigenvalue weighted by molar-refractivity contribution is 6.40. The summed E-state index contributed by atoms with van der Waals surface area (Å²) in [5, 5.41) is 8.55. The predicted octanol–water partition coefficient (Wildman–Crippen LogP) is 1.01. The maximum Gasteiger partial charge on any atom is 0.267 e. The van der Waals surface area contributed by atoms with Crippen LogP contribution in [0.15, 0.2) is 35.4 Å². The molecule has 0 saturated carbocycles. The number of rotatable bonds is 5. The van der Waals surface area contributed by atoms with Gasteiger partial charge in [0.05, 0.1) is 18.9 Å². The number of para-hydroxylation sites is 1. The van der Waals surface area contributed by atoms with Gasteiger partial charge in [-0.25, -0.2) is 5.01 Å². The minimum Gasteiger partial charge on any atom is -0.379 e. The van der Waals surface area contributed by atoms with E-state index in [1.807, 2.05) is 30.3 Å². The van der Waals surface area contributed by atoms with Crippen LogP contribution in [0, 0.1) is 0 Å². The van der Waals surface area contributed by atoms with Crippen molar-refractivity contribution in [2.45, 2.75) is 25.8 Å². The molecule has 1 atom stereocenters. The molecule has 2 heterocycles. The quantitative estimate of drug-likeness (QED) is 0.865. The van der Waals surface area contributed by atoms with Gasteiger partial charge in [-0.3, -0.25) is 14.5 Å². The van der Waals surface area contributed by atoms with Crippen LogP contribution in [0.4, 0.5) is 5.69 Å². The lowest BCUT2D eigenvalue weighted by molar-refractivity contribution is -0.119. The number of hydrogen-bond acceptors (Lipinski definition) is 5. The van der Waals surface area contributed by atoms with Gasteiger partial charge in [-0.05, 0) is 19.1 Å². The standard InChI is InChI=1S/C18H24N4O3/c1-14(21-9-11-25-12-10-21)13-19-18(24)16-7-8-17(23)22(20-16)15-5-3-2-4-6-15/h2-6,14H,7-13H2,1H3,(H,19,24)/t14-/m1/s1. The molecule has 0 radical (unpaired) electrons. The second-order valence-electron chi connectivity index (χ2n) is 6.30. The van der Waals surface area contributed by atoms with E-state index in [4.69, 9.17) is 4.74 Å². The molecule has 0 bridgehead atoms. The van der Waals surface area contributed by atoms with Crippen molar-refractivity contribution in [1.29, 1.82) is 0 Å². The van der Waals surface area contributed by atoms with Crippen LogP contribution in [0.5, 0.6) is 0 Å². The summed E-state index contributed by atoms with van der Waals surface area (Å²) in [6, 6.07) is 9.42. The first-order valence-electron chi connectivity index (χ1n) is 8.70. The van der Waals surface area contributed by atoms with Gasteiger partial charge >= 0.3 is 0 Å². The molecule has 3 rings (SSSR count). The zero-order valence-electron chi connectivity index (χ0n) is 14.5. The first-order valence-corrected chi connectivity index (χ1v) is 8.70. The van der Waals surface area contributed by atoms with E-state index < -0.39 is 0 Å². The number of hydrazone groups is 1. The number of anilines is 1. The topological polar surface area (TPSA) is 74.2 Å². The number of carbonyl (C=O) groups excluding carboxylic acids is 2. The van der Waals surface area contributed by atoms with Crippen LogP contribution in [0.2, 0.25) is 0 Å². The van der Waals surface area contributed by atoms with Gasteiger partial charge in [0.2, 0.25) is 5.91 Å². The van der Waals surface area contributed by atoms with Crippen LogP contribution in [-0.2, 0) is 14.3 Å². The fourth-order valence-electron chi connectivity index (χ4n) is 2.98. The highest BCUT2D eigenvalue weighted by Crippen LogP contribution is 2.19. The Morgan fingerprint density at radius 2 is 1.96 bits per heavy atom. The summed E-state index contributed by atoms with van der Waals surface area (Å²) in [5.74, 6) is -0.294. The molecule has 134 valence electrons. The lowest BCUT2D eigenvalue weighted by atomic mass is 10.1. The molecular formula is C18H24N4O3. The summed E-state index contributed by atoms with van der Waals surface area (Å²) in [4.78, 5) is 26.8. The van der Waals surface area contributed by atoms with Crippen LogP contribution in [0.1, 0.15) is 19.8 Å². The molecule has 7 nitrogen and oxygen atoms in total. The van der Waals surface area contributed by atoms with E-state index in [2.05, 4.69) is 22.2 Å². The molecule has 25 heavy (non-hydrogen) atoms. The zero-order valence-corrected chi connectivity index (χ0v) is 14.5. The minimum absolute atomic E-state index is 0.0931. The molecule has 1 saturated heterocycles. The molecule has 2 aliphatic rings. The van der Waals surface area contributed by atoms with Gasteiger partial charge in [-0.15, -0.1) is 0 Å². The Balaban J connectivity index is 1.60. The van der Waals surface area contributed by atoms with Crippen molar-refractivity contribution in [3.8, 4) is 0 Å². The average Bonchev–Trinajstić information content (AvgIpc) is 2.67. The highest BCUT2D eigenvalue weighted by Gasteiger charge is 2.26. The van der Waals surface area contributed by atoms with E-state index in [9.17, 15) is 9.59 Å². The van der Waals surface area contributed by atoms with E-state index in [1.165, 1.54) is 5.01 Å². The fourth-order valence-corrected chi connectivity index (χ4v) is 2.98. The lowest BCUT2D eigenvalue weighted by Gasteiger charge is -2.32. The van der Waals surface area contributed by atoms with Crippen molar-refractivity contribution in [1.82, 2.24) is 10.2 Å². The Morgan fingerprint density at radius 1 is 1.24 bits per heavy atom. The van der Waals surface area contributed by atoms with E-state index in [0.29, 0.717) is 30.8 Å². The first kappa shape index (κ1) is 17.6. The van der Waals surface area contributed by atoms with Gasteiger partial charge in [0.1, 0.15) is 5.71 Å². The van der Waals surface area contributed by atoms with Gasteiger partial charge in [0, 0.05) is 38.5 Å². The average molecular weight is 344 g/mol. The van der Waals surface area contributed by atoms with Crippen LogP contribution in [0.3, 0.4) is 0 Å². The molecule has 2 aliphatic heterocycles. The van der Waals surface area contributed by atoms with Gasteiger partial charge in [0.15, 0.2) is 0 Å². The SMILES string of the molecule is C[C@H](CNC(=O)C1=NN(c2ccccc2)C(=O)CC1)N1CCOCC1. The number of nitrogens with one attached hydrogen (secondary N) is 1. The van der Waals surface area contributed by atoms with Crippen LogP contribution in [0.25, 0.3) is 0 Å². The van der Waals surface area contributed by atoms with E-state index in [0.717, 1.165) is 26.3 Å². The van der Waals surface area contributed by atoms with Crippen molar-refractivity contribution in [3.05, 3.63) is 30.3 Å². The summed E-state index contributed by atoms with van der Waals surface area (Å²) < 4.78 is 5.35. The van der Waals surface area contributed by atoms with E-state index in [1.54, 1.807) is 0 Å². The summed E-state index contributed by atoms with van der Waals surface area (Å²) in [7, 11) is 0. The van der Waals surface area contributed by atoms with Crippen LogP contribution in [-0.4, -0.2) is 61.3 Å². The molecule has 1 aromatic carbocycles. The van der Waals surface area contributed by atoms with Crippen LogP contribution < -0.4 is 10.3 Å². The molecule has 0 aromatic heterocycles. The summed E-state index contributed by atoms with van der Waals surface area (Å²) >= 11 is 0. The van der Waals surface area contributed by atoms with E-state index >= 15 is 0 Å². The van der Waals surface area contributed by atoms with Gasteiger partial charge in [-0.2, -0.15) is 5.10 Å². The van der Waals surface area contributed by atoms with Crippen LogP contribution >= 0.6 is 0 Å². The number of hydrogen-bond donors (Lipinski definition) is 1. The predicted molar refractivity (Wildman–Crippen MR) is 95.5 cm³/mol. The van der Waals surface area contributed by atoms with Gasteiger partial charge in [0.25, 0.3) is 5.91 Å². The van der Waals surface area contributed by atoms with Crippen molar-refractivity contribution in [3.63, 3.8) is 0 Å². The summed E-state index contributed by atoms with van der Waals surface area (Å²) in [6.45, 7) is 5.88. The minimum atomic E-state index is -0.200. The van der Waals surface area contributed by atoms with Crippen molar-refractivity contribution in [2.24, 2.45) is 5.10 Å². The number of morpholine rings is 1. The molecule has 1 N–H and O–H groups in total. The second kappa shape index (κ2) is 8.22. The van der Waals surface area contributed by atoms with Crippen molar-refractivity contribution >= 4 is 23.2 Å². The molecule has 1 aromatic rings. The summed E-state index contributed by atoms with van der Waals surface area (Å²) in [5.41, 5.74) is 1.08. The normalized spacial score (nSPS) is 20.1. The Labute approximate surface area is 147 Å². The zero-order chi connectivity index (χ0) is 17.6. The van der Waals surface area contributed by atoms with Gasteiger partial charge < -0.3 is 10.1 Å². The molecule has 0 spiro atoms. The third-order valence-corrected chi connectivity index (χ3v) is 4.52. The summed E-state index contributed by atoms with van der Waals surface area (Å²) in [6.07, 6.45) is 0.667. The Bertz CT molecular complexity index is 641.